The molecule has 6 heteroatoms. The molecule has 0 saturated carbocycles. The van der Waals surface area contributed by atoms with Gasteiger partial charge in [-0.2, -0.15) is 0 Å². The molecule has 2 N–H and O–H groups in total. The summed E-state index contributed by atoms with van der Waals surface area (Å²) in [7, 11) is 2.12. The molecule has 1 aliphatic rings. The van der Waals surface area contributed by atoms with Crippen LogP contribution >= 0.6 is 0 Å². The second-order valence-electron chi connectivity index (χ2n) is 6.44. The van der Waals surface area contributed by atoms with Crippen LogP contribution in [-0.4, -0.2) is 66.7 Å². The SMILES string of the molecule is CN(CCCO)C1CCN(CCC(=O)Nc2ccc(F)cc2)CC1. The molecule has 1 saturated heterocycles. The van der Waals surface area contributed by atoms with E-state index in [0.29, 0.717) is 18.2 Å². The zero-order valence-corrected chi connectivity index (χ0v) is 14.4. The number of nitrogens with one attached hydrogen (secondary N) is 1. The summed E-state index contributed by atoms with van der Waals surface area (Å²) in [6.45, 7) is 3.92. The molecule has 0 spiro atoms. The Morgan fingerprint density at radius 3 is 2.62 bits per heavy atom. The molecule has 0 atom stereocenters. The molecule has 2 rings (SSSR count). The van der Waals surface area contributed by atoms with Crippen molar-refractivity contribution in [3.05, 3.63) is 30.1 Å². The van der Waals surface area contributed by atoms with Gasteiger partial charge in [-0.3, -0.25) is 4.79 Å². The number of hydrogen-bond acceptors (Lipinski definition) is 4. The van der Waals surface area contributed by atoms with Crippen molar-refractivity contribution in [2.75, 3.05) is 45.2 Å². The van der Waals surface area contributed by atoms with E-state index in [9.17, 15) is 9.18 Å². The Morgan fingerprint density at radius 2 is 2.00 bits per heavy atom. The smallest absolute Gasteiger partial charge is 0.225 e. The molecule has 0 bridgehead atoms. The number of likely N-dealkylation sites (tertiary alicyclic amines) is 1. The molecular formula is C18H28FN3O2. The largest absolute Gasteiger partial charge is 0.396 e. The van der Waals surface area contributed by atoms with Gasteiger partial charge in [0, 0.05) is 37.8 Å². The van der Waals surface area contributed by atoms with E-state index in [1.165, 1.54) is 12.1 Å². The van der Waals surface area contributed by atoms with Gasteiger partial charge in [-0.25, -0.2) is 4.39 Å². The second-order valence-corrected chi connectivity index (χ2v) is 6.44. The topological polar surface area (TPSA) is 55.8 Å². The fourth-order valence-corrected chi connectivity index (χ4v) is 3.10. The van der Waals surface area contributed by atoms with Crippen LogP contribution in [-0.2, 0) is 4.79 Å². The standard InChI is InChI=1S/C18H28FN3O2/c1-21(10-2-14-23)17-7-11-22(12-8-17)13-9-18(24)20-16-5-3-15(19)4-6-16/h3-6,17,23H,2,7-14H2,1H3,(H,20,24). The molecule has 134 valence electrons. The number of carbonyl (C=O) groups is 1. The van der Waals surface area contributed by atoms with Crippen molar-refractivity contribution in [3.63, 3.8) is 0 Å². The molecule has 1 aromatic rings. The van der Waals surface area contributed by atoms with E-state index >= 15 is 0 Å². The summed E-state index contributed by atoms with van der Waals surface area (Å²) in [5.41, 5.74) is 0.630. The number of benzene rings is 1. The number of aliphatic hydroxyl groups is 1. The number of rotatable bonds is 8. The minimum Gasteiger partial charge on any atom is -0.396 e. The van der Waals surface area contributed by atoms with Gasteiger partial charge < -0.3 is 20.2 Å². The highest BCUT2D eigenvalue weighted by molar-refractivity contribution is 5.90. The van der Waals surface area contributed by atoms with Crippen LogP contribution in [0.4, 0.5) is 10.1 Å². The lowest BCUT2D eigenvalue weighted by Gasteiger charge is -2.36. The van der Waals surface area contributed by atoms with Crippen LogP contribution < -0.4 is 5.32 Å². The van der Waals surface area contributed by atoms with E-state index in [-0.39, 0.29) is 18.3 Å². The molecule has 0 aromatic heterocycles. The molecule has 0 aliphatic carbocycles. The maximum absolute atomic E-state index is 12.8. The van der Waals surface area contributed by atoms with Crippen LogP contribution in [0.25, 0.3) is 0 Å². The van der Waals surface area contributed by atoms with Crippen LogP contribution in [0.1, 0.15) is 25.7 Å². The van der Waals surface area contributed by atoms with Gasteiger partial charge in [-0.1, -0.05) is 0 Å². The van der Waals surface area contributed by atoms with Gasteiger partial charge in [-0.15, -0.1) is 0 Å². The van der Waals surface area contributed by atoms with E-state index in [0.717, 1.165) is 45.4 Å². The zero-order valence-electron chi connectivity index (χ0n) is 14.4. The monoisotopic (exact) mass is 337 g/mol. The predicted molar refractivity (Wildman–Crippen MR) is 93.4 cm³/mol. The quantitative estimate of drug-likeness (QED) is 0.761. The van der Waals surface area contributed by atoms with Crippen LogP contribution in [0.2, 0.25) is 0 Å². The Balaban J connectivity index is 1.65. The second kappa shape index (κ2) is 9.71. The van der Waals surface area contributed by atoms with Crippen molar-refractivity contribution in [2.24, 2.45) is 0 Å². The van der Waals surface area contributed by atoms with Gasteiger partial charge in [-0.05, 0) is 63.7 Å². The van der Waals surface area contributed by atoms with E-state index in [4.69, 9.17) is 5.11 Å². The van der Waals surface area contributed by atoms with Crippen LogP contribution in [0.15, 0.2) is 24.3 Å². The fraction of sp³-hybridized carbons (Fsp3) is 0.611. The lowest BCUT2D eigenvalue weighted by atomic mass is 10.0. The Kier molecular flexibility index (Phi) is 7.62. The van der Waals surface area contributed by atoms with Gasteiger partial charge in [0.25, 0.3) is 0 Å². The minimum absolute atomic E-state index is 0.0382. The first-order valence-electron chi connectivity index (χ1n) is 8.67. The molecule has 0 unspecified atom stereocenters. The van der Waals surface area contributed by atoms with Gasteiger partial charge in [0.2, 0.25) is 5.91 Å². The molecule has 1 heterocycles. The van der Waals surface area contributed by atoms with Gasteiger partial charge in [0.05, 0.1) is 0 Å². The first kappa shape index (κ1) is 18.8. The molecule has 24 heavy (non-hydrogen) atoms. The molecule has 1 aromatic carbocycles. The number of nitrogens with zero attached hydrogens (tertiary/aromatic N) is 2. The van der Waals surface area contributed by atoms with Crippen molar-refractivity contribution in [3.8, 4) is 0 Å². The molecule has 1 amide bonds. The van der Waals surface area contributed by atoms with E-state index < -0.39 is 0 Å². The molecule has 1 fully saturated rings. The van der Waals surface area contributed by atoms with E-state index in [2.05, 4.69) is 22.2 Å². The van der Waals surface area contributed by atoms with Crippen molar-refractivity contribution in [1.29, 1.82) is 0 Å². The van der Waals surface area contributed by atoms with E-state index in [1.807, 2.05) is 0 Å². The minimum atomic E-state index is -0.306. The Labute approximate surface area is 143 Å². The van der Waals surface area contributed by atoms with Crippen LogP contribution in [0, 0.1) is 5.82 Å². The third kappa shape index (κ3) is 6.19. The molecule has 0 radical (unpaired) electrons. The third-order valence-electron chi connectivity index (χ3n) is 4.63. The number of anilines is 1. The van der Waals surface area contributed by atoms with Crippen molar-refractivity contribution < 1.29 is 14.3 Å². The Morgan fingerprint density at radius 1 is 1.33 bits per heavy atom. The van der Waals surface area contributed by atoms with Crippen molar-refractivity contribution in [2.45, 2.75) is 31.7 Å². The van der Waals surface area contributed by atoms with Crippen LogP contribution in [0.5, 0.6) is 0 Å². The van der Waals surface area contributed by atoms with Crippen LogP contribution in [0.3, 0.4) is 0 Å². The molecule has 5 nitrogen and oxygen atoms in total. The summed E-state index contributed by atoms with van der Waals surface area (Å²) in [6.07, 6.45) is 3.46. The van der Waals surface area contributed by atoms with Crippen molar-refractivity contribution in [1.82, 2.24) is 9.80 Å². The first-order chi connectivity index (χ1) is 11.6. The number of amides is 1. The number of halogens is 1. The van der Waals surface area contributed by atoms with Gasteiger partial charge >= 0.3 is 0 Å². The lowest BCUT2D eigenvalue weighted by Crippen LogP contribution is -2.44. The number of piperidine rings is 1. The van der Waals surface area contributed by atoms with Gasteiger partial charge in [0.1, 0.15) is 5.82 Å². The van der Waals surface area contributed by atoms with Gasteiger partial charge in [0.15, 0.2) is 0 Å². The average Bonchev–Trinajstić information content (AvgIpc) is 2.60. The average molecular weight is 337 g/mol. The summed E-state index contributed by atoms with van der Waals surface area (Å²) in [6, 6.07) is 6.39. The third-order valence-corrected chi connectivity index (χ3v) is 4.63. The Hall–Kier alpha value is -1.50. The number of carbonyl (C=O) groups excluding carboxylic acids is 1. The fourth-order valence-electron chi connectivity index (χ4n) is 3.10. The van der Waals surface area contributed by atoms with E-state index in [1.54, 1.807) is 12.1 Å². The lowest BCUT2D eigenvalue weighted by molar-refractivity contribution is -0.116. The summed E-state index contributed by atoms with van der Waals surface area (Å²) in [5, 5.41) is 11.7. The highest BCUT2D eigenvalue weighted by Gasteiger charge is 2.22. The predicted octanol–water partition coefficient (Wildman–Crippen LogP) is 1.93. The summed E-state index contributed by atoms with van der Waals surface area (Å²) < 4.78 is 12.8. The number of aliphatic hydroxyl groups excluding tert-OH is 1. The zero-order chi connectivity index (χ0) is 17.4. The summed E-state index contributed by atoms with van der Waals surface area (Å²) >= 11 is 0. The maximum atomic E-state index is 12.8. The number of hydrogen-bond donors (Lipinski definition) is 2. The summed E-state index contributed by atoms with van der Waals surface area (Å²) in [5.74, 6) is -0.344. The molecular weight excluding hydrogens is 309 g/mol. The summed E-state index contributed by atoms with van der Waals surface area (Å²) in [4.78, 5) is 16.6. The highest BCUT2D eigenvalue weighted by Crippen LogP contribution is 2.16. The maximum Gasteiger partial charge on any atom is 0.225 e. The van der Waals surface area contributed by atoms with Crippen molar-refractivity contribution >= 4 is 11.6 Å². The first-order valence-corrected chi connectivity index (χ1v) is 8.67. The Bertz CT molecular complexity index is 501. The normalized spacial score (nSPS) is 16.5. The molecule has 1 aliphatic heterocycles. The highest BCUT2D eigenvalue weighted by atomic mass is 19.1.